The van der Waals surface area contributed by atoms with E-state index < -0.39 is 10.0 Å². The van der Waals surface area contributed by atoms with Crippen LogP contribution in [0.25, 0.3) is 0 Å². The van der Waals surface area contributed by atoms with Gasteiger partial charge < -0.3 is 10.6 Å². The highest BCUT2D eigenvalue weighted by molar-refractivity contribution is 7.93. The average Bonchev–Trinajstić information content (AvgIpc) is 3.18. The van der Waals surface area contributed by atoms with Crippen LogP contribution in [-0.4, -0.2) is 26.0 Å². The highest BCUT2D eigenvalue weighted by Gasteiger charge is 2.50. The second kappa shape index (κ2) is 7.53. The summed E-state index contributed by atoms with van der Waals surface area (Å²) in [7, 11) is -3.70. The van der Waals surface area contributed by atoms with Gasteiger partial charge in [-0.05, 0) is 86.0 Å². The number of aromatic nitrogens is 1. The fourth-order valence-electron chi connectivity index (χ4n) is 6.11. The summed E-state index contributed by atoms with van der Waals surface area (Å²) >= 11 is 1.21. The summed E-state index contributed by atoms with van der Waals surface area (Å²) in [4.78, 5) is 16.5. The molecule has 4 saturated carbocycles. The third kappa shape index (κ3) is 4.05. The number of hydrogen-bond donors (Lipinski definition) is 3. The van der Waals surface area contributed by atoms with Crippen molar-refractivity contribution in [3.63, 3.8) is 0 Å². The molecule has 4 aliphatic carbocycles. The maximum absolute atomic E-state index is 12.4. The molecule has 0 radical (unpaired) electrons. The van der Waals surface area contributed by atoms with Crippen molar-refractivity contribution in [2.45, 2.75) is 43.4 Å². The number of sulfonamides is 1. The van der Waals surface area contributed by atoms with Gasteiger partial charge in [0, 0.05) is 23.8 Å². The van der Waals surface area contributed by atoms with Gasteiger partial charge in [-0.1, -0.05) is 0 Å². The van der Waals surface area contributed by atoms with Crippen LogP contribution in [-0.2, 0) is 10.0 Å². The first-order chi connectivity index (χ1) is 14.4. The Kier molecular flexibility index (Phi) is 4.97. The van der Waals surface area contributed by atoms with Gasteiger partial charge in [0.2, 0.25) is 0 Å². The molecule has 2 amide bonds. The highest BCUT2D eigenvalue weighted by Crippen LogP contribution is 2.59. The van der Waals surface area contributed by atoms with Crippen molar-refractivity contribution in [2.75, 3.05) is 16.6 Å². The lowest BCUT2D eigenvalue weighted by Crippen LogP contribution is -2.51. The summed E-state index contributed by atoms with van der Waals surface area (Å²) in [5.74, 6) is 2.57. The number of nitrogens with one attached hydrogen (secondary N) is 3. The molecule has 30 heavy (non-hydrogen) atoms. The van der Waals surface area contributed by atoms with Gasteiger partial charge in [-0.2, -0.15) is 0 Å². The Bertz CT molecular complexity index is 984. The Morgan fingerprint density at radius 3 is 2.27 bits per heavy atom. The molecule has 4 aliphatic rings. The fourth-order valence-corrected chi connectivity index (χ4v) is 7.90. The van der Waals surface area contributed by atoms with Gasteiger partial charge in [0.25, 0.3) is 10.0 Å². The van der Waals surface area contributed by atoms with E-state index in [1.54, 1.807) is 17.5 Å². The standard InChI is InChI=1S/C21H26N4O3S2/c26-19(23-13-21-10-14-7-15(11-21)9-16(8-14)12-21)24-17-1-3-18(4-2-17)30(27,28)25-20-22-5-6-29-20/h1-6,14-16H,7-13H2,(H,22,25)(H2,23,24,26). The van der Waals surface area contributed by atoms with Gasteiger partial charge >= 0.3 is 6.03 Å². The zero-order valence-electron chi connectivity index (χ0n) is 16.6. The molecule has 0 atom stereocenters. The number of thiazole rings is 1. The van der Waals surface area contributed by atoms with Gasteiger partial charge in [-0.3, -0.25) is 4.72 Å². The molecule has 0 aliphatic heterocycles. The van der Waals surface area contributed by atoms with Crippen molar-refractivity contribution in [2.24, 2.45) is 23.2 Å². The van der Waals surface area contributed by atoms with Crippen molar-refractivity contribution in [3.05, 3.63) is 35.8 Å². The lowest BCUT2D eigenvalue weighted by Gasteiger charge is -2.56. The monoisotopic (exact) mass is 446 g/mol. The topological polar surface area (TPSA) is 100 Å². The van der Waals surface area contributed by atoms with E-state index >= 15 is 0 Å². The molecule has 0 unspecified atom stereocenters. The number of hydrogen-bond acceptors (Lipinski definition) is 5. The first-order valence-electron chi connectivity index (χ1n) is 10.5. The Hall–Kier alpha value is -2.13. The normalized spacial score (nSPS) is 29.5. The Morgan fingerprint density at radius 1 is 1.07 bits per heavy atom. The summed E-state index contributed by atoms with van der Waals surface area (Å²) < 4.78 is 27.2. The second-order valence-corrected chi connectivity index (χ2v) is 11.8. The minimum Gasteiger partial charge on any atom is -0.337 e. The predicted octanol–water partition coefficient (Wildman–Crippen LogP) is 4.28. The smallest absolute Gasteiger partial charge is 0.319 e. The Balaban J connectivity index is 1.17. The number of amides is 2. The summed E-state index contributed by atoms with van der Waals surface area (Å²) in [6, 6.07) is 5.92. The van der Waals surface area contributed by atoms with Crippen molar-refractivity contribution >= 4 is 38.2 Å². The van der Waals surface area contributed by atoms with E-state index in [9.17, 15) is 13.2 Å². The zero-order valence-corrected chi connectivity index (χ0v) is 18.3. The van der Waals surface area contributed by atoms with Crippen LogP contribution in [0.3, 0.4) is 0 Å². The molecule has 0 saturated heterocycles. The quantitative estimate of drug-likeness (QED) is 0.616. The molecule has 1 aromatic heterocycles. The number of anilines is 2. The van der Waals surface area contributed by atoms with Gasteiger partial charge in [0.1, 0.15) is 0 Å². The molecule has 2 aromatic rings. The van der Waals surface area contributed by atoms with Gasteiger partial charge in [0.05, 0.1) is 4.90 Å². The number of nitrogens with zero attached hydrogens (tertiary/aromatic N) is 1. The van der Waals surface area contributed by atoms with Gasteiger partial charge in [0.15, 0.2) is 5.13 Å². The first kappa shape index (κ1) is 19.8. The van der Waals surface area contributed by atoms with Crippen molar-refractivity contribution in [1.82, 2.24) is 10.3 Å². The number of urea groups is 1. The predicted molar refractivity (Wildman–Crippen MR) is 117 cm³/mol. The second-order valence-electron chi connectivity index (χ2n) is 9.19. The van der Waals surface area contributed by atoms with E-state index in [4.69, 9.17) is 0 Å². The van der Waals surface area contributed by atoms with Gasteiger partial charge in [-0.25, -0.2) is 18.2 Å². The van der Waals surface area contributed by atoms with E-state index in [1.807, 2.05) is 0 Å². The van der Waals surface area contributed by atoms with Crippen LogP contribution in [0.5, 0.6) is 0 Å². The zero-order chi connectivity index (χ0) is 20.8. The van der Waals surface area contributed by atoms with E-state index in [2.05, 4.69) is 20.3 Å². The Morgan fingerprint density at radius 2 is 1.70 bits per heavy atom. The highest BCUT2D eigenvalue weighted by atomic mass is 32.2. The fraction of sp³-hybridized carbons (Fsp3) is 0.524. The van der Waals surface area contributed by atoms with Crippen LogP contribution in [0, 0.1) is 23.2 Å². The summed E-state index contributed by atoms with van der Waals surface area (Å²) in [6.45, 7) is 0.729. The number of carbonyl (C=O) groups is 1. The molecule has 4 fully saturated rings. The third-order valence-electron chi connectivity index (χ3n) is 6.87. The van der Waals surface area contributed by atoms with Crippen LogP contribution in [0.15, 0.2) is 40.7 Å². The minimum atomic E-state index is -3.70. The molecule has 1 heterocycles. The number of carbonyl (C=O) groups excluding carboxylic acids is 1. The lowest BCUT2D eigenvalue weighted by molar-refractivity contribution is -0.0496. The van der Waals surface area contributed by atoms with Crippen molar-refractivity contribution in [1.29, 1.82) is 0 Å². The maximum Gasteiger partial charge on any atom is 0.319 e. The molecule has 7 nitrogen and oxygen atoms in total. The molecule has 3 N–H and O–H groups in total. The van der Waals surface area contributed by atoms with Crippen molar-refractivity contribution < 1.29 is 13.2 Å². The number of benzene rings is 1. The minimum absolute atomic E-state index is 0.122. The summed E-state index contributed by atoms with van der Waals surface area (Å²) in [6.07, 6.45) is 9.44. The lowest BCUT2D eigenvalue weighted by atomic mass is 9.49. The molecule has 6 rings (SSSR count). The molecule has 1 aromatic carbocycles. The van der Waals surface area contributed by atoms with Crippen LogP contribution >= 0.6 is 11.3 Å². The largest absolute Gasteiger partial charge is 0.337 e. The van der Waals surface area contributed by atoms with E-state index in [1.165, 1.54) is 68.2 Å². The maximum atomic E-state index is 12.4. The SMILES string of the molecule is O=C(NCC12CC3CC(CC(C3)C1)C2)Nc1ccc(S(=O)(=O)Nc2nccs2)cc1. The van der Waals surface area contributed by atoms with Crippen LogP contribution in [0.2, 0.25) is 0 Å². The van der Waals surface area contributed by atoms with Gasteiger partial charge in [-0.15, -0.1) is 11.3 Å². The molecule has 4 bridgehead atoms. The average molecular weight is 447 g/mol. The molecule has 0 spiro atoms. The summed E-state index contributed by atoms with van der Waals surface area (Å²) in [5, 5.41) is 7.92. The van der Waals surface area contributed by atoms with E-state index in [0.29, 0.717) is 10.8 Å². The van der Waals surface area contributed by atoms with Crippen LogP contribution < -0.4 is 15.4 Å². The third-order valence-corrected chi connectivity index (χ3v) is 9.04. The Labute approximate surface area is 180 Å². The first-order valence-corrected chi connectivity index (χ1v) is 12.8. The summed E-state index contributed by atoms with van der Waals surface area (Å²) in [5.41, 5.74) is 0.845. The molecule has 9 heteroatoms. The van der Waals surface area contributed by atoms with Crippen LogP contribution in [0.4, 0.5) is 15.6 Å². The van der Waals surface area contributed by atoms with E-state index in [-0.39, 0.29) is 16.3 Å². The molecular weight excluding hydrogens is 420 g/mol. The molecular formula is C21H26N4O3S2. The molecule has 160 valence electrons. The van der Waals surface area contributed by atoms with E-state index in [0.717, 1.165) is 24.3 Å². The van der Waals surface area contributed by atoms with Crippen molar-refractivity contribution in [3.8, 4) is 0 Å². The van der Waals surface area contributed by atoms with Crippen LogP contribution in [0.1, 0.15) is 38.5 Å². The number of rotatable bonds is 6.